The van der Waals surface area contributed by atoms with E-state index in [1.807, 2.05) is 30.3 Å². The fourth-order valence-electron chi connectivity index (χ4n) is 5.14. The number of rotatable bonds is 6. The van der Waals surface area contributed by atoms with Gasteiger partial charge in [0.2, 0.25) is 5.88 Å². The number of hydrogen-bond acceptors (Lipinski definition) is 5. The van der Waals surface area contributed by atoms with Crippen molar-refractivity contribution in [2.24, 2.45) is 10.4 Å². The number of aromatic nitrogens is 1. The van der Waals surface area contributed by atoms with Crippen LogP contribution in [0.5, 0.6) is 17.4 Å². The third-order valence-corrected chi connectivity index (χ3v) is 7.40. The SMILES string of the molecule is CC(C)c1cccc(C(C)C)c1N1C[C@H](C(C)(C)C)N=C1c1[c-]c(Oc2ccc3cccc(O)c3n2)ccc1.[Pt]. The molecule has 5 nitrogen and oxygen atoms in total. The van der Waals surface area contributed by atoms with Crippen LogP contribution in [0.3, 0.4) is 0 Å². The molecule has 1 aliphatic heterocycles. The summed E-state index contributed by atoms with van der Waals surface area (Å²) < 4.78 is 6.15. The van der Waals surface area contributed by atoms with Crippen LogP contribution >= 0.6 is 0 Å². The quantitative estimate of drug-likeness (QED) is 0.204. The number of ether oxygens (including phenoxy) is 1. The molecule has 0 saturated heterocycles. The normalized spacial score (nSPS) is 15.5. The molecule has 2 heterocycles. The molecule has 1 aliphatic rings. The Morgan fingerprint density at radius 2 is 1.55 bits per heavy atom. The van der Waals surface area contributed by atoms with Crippen molar-refractivity contribution in [1.29, 1.82) is 0 Å². The standard InChI is InChI=1S/C34H38N3O2.Pt/c1-21(2)26-14-10-15-27(22(3)4)32(26)37-20-29(34(5,6)7)35-33(37)24-12-8-13-25(19-24)39-30-18-17-23-11-9-16-28(38)31(23)36-30;/h8-18,21-22,29,38H,20H2,1-7H3;/q-1;/t29-;/m1./s1. The van der Waals surface area contributed by atoms with Crippen molar-refractivity contribution in [1.82, 2.24) is 4.98 Å². The molecule has 5 rings (SSSR count). The van der Waals surface area contributed by atoms with E-state index < -0.39 is 0 Å². The van der Waals surface area contributed by atoms with Crippen molar-refractivity contribution >= 4 is 22.4 Å². The summed E-state index contributed by atoms with van der Waals surface area (Å²) in [7, 11) is 0. The van der Waals surface area contributed by atoms with Crippen molar-refractivity contribution < 1.29 is 30.9 Å². The first-order chi connectivity index (χ1) is 18.5. The molecule has 0 aliphatic carbocycles. The van der Waals surface area contributed by atoms with Crippen molar-refractivity contribution in [3.63, 3.8) is 0 Å². The van der Waals surface area contributed by atoms with Crippen LogP contribution in [0.15, 0.2) is 71.7 Å². The molecule has 1 aromatic heterocycles. The molecule has 1 atom stereocenters. The number of nitrogens with zero attached hydrogens (tertiary/aromatic N) is 3. The summed E-state index contributed by atoms with van der Waals surface area (Å²) in [5.74, 6) is 2.76. The fourth-order valence-corrected chi connectivity index (χ4v) is 5.14. The van der Waals surface area contributed by atoms with Gasteiger partial charge in [-0.25, -0.2) is 4.98 Å². The van der Waals surface area contributed by atoms with E-state index in [0.29, 0.717) is 29.0 Å². The van der Waals surface area contributed by atoms with Gasteiger partial charge in [-0.15, -0.1) is 23.8 Å². The van der Waals surface area contributed by atoms with E-state index in [1.54, 1.807) is 12.1 Å². The van der Waals surface area contributed by atoms with Crippen molar-refractivity contribution in [3.8, 4) is 17.4 Å². The van der Waals surface area contributed by atoms with Crippen LogP contribution in [0, 0.1) is 11.5 Å². The molecule has 0 amide bonds. The predicted octanol–water partition coefficient (Wildman–Crippen LogP) is 8.46. The number of hydrogen-bond donors (Lipinski definition) is 1. The zero-order valence-electron chi connectivity index (χ0n) is 24.3. The number of benzene rings is 3. The summed E-state index contributed by atoms with van der Waals surface area (Å²) >= 11 is 0. The van der Waals surface area contributed by atoms with Crippen LogP contribution in [-0.4, -0.2) is 28.5 Å². The number of aliphatic imine (C=N–C) groups is 1. The minimum absolute atomic E-state index is 0. The van der Waals surface area contributed by atoms with E-state index in [4.69, 9.17) is 9.73 Å². The van der Waals surface area contributed by atoms with Gasteiger partial charge in [0, 0.05) is 50.5 Å². The third-order valence-electron chi connectivity index (χ3n) is 7.40. The van der Waals surface area contributed by atoms with Gasteiger partial charge in [0.15, 0.2) is 0 Å². The van der Waals surface area contributed by atoms with Gasteiger partial charge in [-0.2, -0.15) is 0 Å². The minimum Gasteiger partial charge on any atom is -0.506 e. The van der Waals surface area contributed by atoms with Gasteiger partial charge in [0.25, 0.3) is 0 Å². The largest absolute Gasteiger partial charge is 0.506 e. The third kappa shape index (κ3) is 5.95. The number of phenolic OH excluding ortho intramolecular Hbond substituents is 1. The molecule has 0 saturated carbocycles. The average molecular weight is 716 g/mol. The summed E-state index contributed by atoms with van der Waals surface area (Å²) in [5.41, 5.74) is 5.33. The maximum absolute atomic E-state index is 10.3. The van der Waals surface area contributed by atoms with E-state index in [-0.39, 0.29) is 38.3 Å². The molecule has 0 spiro atoms. The molecule has 1 N–H and O–H groups in total. The Morgan fingerprint density at radius 3 is 2.20 bits per heavy atom. The Hall–Kier alpha value is -3.17. The monoisotopic (exact) mass is 715 g/mol. The molecule has 0 fully saturated rings. The van der Waals surface area contributed by atoms with Crippen LogP contribution in [0.2, 0.25) is 0 Å². The van der Waals surface area contributed by atoms with Crippen LogP contribution in [0.1, 0.15) is 77.0 Å². The minimum atomic E-state index is 0. The Kier molecular flexibility index (Phi) is 8.75. The summed E-state index contributed by atoms with van der Waals surface area (Å²) in [4.78, 5) is 12.2. The second kappa shape index (κ2) is 11.7. The number of anilines is 1. The molecule has 40 heavy (non-hydrogen) atoms. The van der Waals surface area contributed by atoms with Crippen molar-refractivity contribution in [3.05, 3.63) is 89.5 Å². The maximum atomic E-state index is 10.3. The molecule has 4 aromatic rings. The van der Waals surface area contributed by atoms with Gasteiger partial charge in [-0.05, 0) is 40.5 Å². The first-order valence-corrected chi connectivity index (χ1v) is 13.8. The van der Waals surface area contributed by atoms with Gasteiger partial charge >= 0.3 is 0 Å². The second-order valence-electron chi connectivity index (χ2n) is 12.1. The Labute approximate surface area is 252 Å². The van der Waals surface area contributed by atoms with Crippen LogP contribution < -0.4 is 9.64 Å². The summed E-state index contributed by atoms with van der Waals surface area (Å²) in [5, 5.41) is 11.1. The summed E-state index contributed by atoms with van der Waals surface area (Å²) in [6.45, 7) is 16.6. The maximum Gasteiger partial charge on any atom is 0.217 e. The van der Waals surface area contributed by atoms with E-state index in [9.17, 15) is 5.11 Å². The number of pyridine rings is 1. The number of para-hydroxylation sites is 2. The zero-order valence-corrected chi connectivity index (χ0v) is 26.6. The van der Waals surface area contributed by atoms with Gasteiger partial charge in [-0.1, -0.05) is 84.9 Å². The second-order valence-corrected chi connectivity index (χ2v) is 12.1. The smallest absolute Gasteiger partial charge is 0.217 e. The van der Waals surface area contributed by atoms with Crippen LogP contribution in [0.4, 0.5) is 5.69 Å². The number of fused-ring (bicyclic) bond motifs is 1. The molecule has 6 heteroatoms. The van der Waals surface area contributed by atoms with Gasteiger partial charge in [0.1, 0.15) is 11.3 Å². The van der Waals surface area contributed by atoms with Gasteiger partial charge in [-0.3, -0.25) is 0 Å². The molecular formula is C34H38N3O2Pt-. The summed E-state index contributed by atoms with van der Waals surface area (Å²) in [6, 6.07) is 25.2. The predicted molar refractivity (Wildman–Crippen MR) is 161 cm³/mol. The first kappa shape index (κ1) is 29.8. The number of phenols is 1. The van der Waals surface area contributed by atoms with Crippen LogP contribution in [0.25, 0.3) is 10.9 Å². The molecular weight excluding hydrogens is 677 g/mol. The number of amidine groups is 1. The van der Waals surface area contributed by atoms with Gasteiger partial charge < -0.3 is 19.7 Å². The first-order valence-electron chi connectivity index (χ1n) is 13.8. The number of aromatic hydroxyl groups is 1. The van der Waals surface area contributed by atoms with E-state index in [2.05, 4.69) is 88.7 Å². The van der Waals surface area contributed by atoms with E-state index in [0.717, 1.165) is 23.3 Å². The average Bonchev–Trinajstić information content (AvgIpc) is 3.35. The summed E-state index contributed by atoms with van der Waals surface area (Å²) in [6.07, 6.45) is 0. The van der Waals surface area contributed by atoms with Crippen molar-refractivity contribution in [2.75, 3.05) is 11.4 Å². The Bertz CT molecular complexity index is 1510. The van der Waals surface area contributed by atoms with E-state index in [1.165, 1.54) is 16.8 Å². The Balaban J connectivity index is 0.00000370. The molecule has 0 bridgehead atoms. The molecule has 3 aromatic carbocycles. The van der Waals surface area contributed by atoms with Crippen LogP contribution in [-0.2, 0) is 21.1 Å². The fraction of sp³-hybridized carbons (Fsp3) is 0.353. The van der Waals surface area contributed by atoms with Gasteiger partial charge in [0.05, 0.1) is 11.9 Å². The molecule has 0 unspecified atom stereocenters. The molecule has 212 valence electrons. The Morgan fingerprint density at radius 1 is 0.900 bits per heavy atom. The van der Waals surface area contributed by atoms with Crippen molar-refractivity contribution in [2.45, 2.75) is 66.3 Å². The van der Waals surface area contributed by atoms with E-state index >= 15 is 0 Å². The molecule has 0 radical (unpaired) electrons. The zero-order chi connectivity index (χ0) is 27.9. The topological polar surface area (TPSA) is 58.0 Å².